The summed E-state index contributed by atoms with van der Waals surface area (Å²) < 4.78 is 0.943. The molecule has 6 nitrogen and oxygen atoms in total. The Morgan fingerprint density at radius 2 is 2.00 bits per heavy atom. The Morgan fingerprint density at radius 1 is 1.35 bits per heavy atom. The van der Waals surface area contributed by atoms with E-state index < -0.39 is 17.8 Å². The summed E-state index contributed by atoms with van der Waals surface area (Å²) in [7, 11) is 0. The molecule has 0 spiro atoms. The van der Waals surface area contributed by atoms with Gasteiger partial charge in [-0.05, 0) is 50.6 Å². The van der Waals surface area contributed by atoms with Crippen molar-refractivity contribution in [3.05, 3.63) is 15.4 Å². The molecule has 20 heavy (non-hydrogen) atoms. The average Bonchev–Trinajstić information content (AvgIpc) is 2.75. The van der Waals surface area contributed by atoms with Gasteiger partial charge in [0.1, 0.15) is 9.21 Å². The maximum atomic E-state index is 12.2. The molecule has 1 unspecified atom stereocenters. The Bertz CT molecular complexity index is 553. The normalized spacial score (nSPS) is 25.4. The van der Waals surface area contributed by atoms with E-state index in [0.717, 1.165) is 0 Å². The van der Waals surface area contributed by atoms with Crippen molar-refractivity contribution in [2.75, 3.05) is 5.32 Å². The van der Waals surface area contributed by atoms with Gasteiger partial charge in [-0.2, -0.15) is 0 Å². The first-order chi connectivity index (χ1) is 9.38. The van der Waals surface area contributed by atoms with Gasteiger partial charge in [-0.3, -0.25) is 9.59 Å². The standard InChI is InChI=1S/C12H13Br2N3O3/c1-5-2-6(7(3-5)12(19)20)11(18)17-10-9(14)16-8(13)4-15-10/h4-7H,2-3H2,1H3,(H,19,20)(H,15,17,18)/t5?,6-,7+/m0/s1. The fraction of sp³-hybridized carbons (Fsp3) is 0.500. The molecule has 1 saturated carbocycles. The van der Waals surface area contributed by atoms with Crippen LogP contribution >= 0.6 is 31.9 Å². The highest BCUT2D eigenvalue weighted by molar-refractivity contribution is 9.11. The molecule has 108 valence electrons. The second kappa shape index (κ2) is 6.17. The lowest BCUT2D eigenvalue weighted by atomic mass is 9.95. The number of hydrogen-bond donors (Lipinski definition) is 2. The van der Waals surface area contributed by atoms with E-state index in [2.05, 4.69) is 47.1 Å². The zero-order chi connectivity index (χ0) is 14.9. The number of carboxylic acid groups (broad SMARTS) is 1. The molecule has 1 aromatic heterocycles. The summed E-state index contributed by atoms with van der Waals surface area (Å²) in [6.45, 7) is 1.96. The lowest BCUT2D eigenvalue weighted by molar-refractivity contribution is -0.145. The molecule has 1 aromatic rings. The number of aliphatic carboxylic acids is 1. The Balaban J connectivity index is 2.13. The third-order valence-corrected chi connectivity index (χ3v) is 4.33. The summed E-state index contributed by atoms with van der Waals surface area (Å²) in [6.07, 6.45) is 2.57. The molecule has 1 amide bonds. The molecule has 1 heterocycles. The van der Waals surface area contributed by atoms with Gasteiger partial charge in [0.2, 0.25) is 5.91 Å². The van der Waals surface area contributed by atoms with E-state index in [9.17, 15) is 14.7 Å². The van der Waals surface area contributed by atoms with E-state index in [-0.39, 0.29) is 11.8 Å². The van der Waals surface area contributed by atoms with E-state index in [0.29, 0.717) is 27.9 Å². The van der Waals surface area contributed by atoms with E-state index in [1.54, 1.807) is 0 Å². The van der Waals surface area contributed by atoms with Crippen molar-refractivity contribution in [3.63, 3.8) is 0 Å². The van der Waals surface area contributed by atoms with Crippen LogP contribution in [-0.4, -0.2) is 27.0 Å². The number of halogens is 2. The highest BCUT2D eigenvalue weighted by atomic mass is 79.9. The number of hydrogen-bond acceptors (Lipinski definition) is 4. The van der Waals surface area contributed by atoms with E-state index in [1.165, 1.54) is 6.20 Å². The summed E-state index contributed by atoms with van der Waals surface area (Å²) in [4.78, 5) is 31.5. The molecular weight excluding hydrogens is 394 g/mol. The number of nitrogens with zero attached hydrogens (tertiary/aromatic N) is 2. The number of anilines is 1. The number of nitrogens with one attached hydrogen (secondary N) is 1. The highest BCUT2D eigenvalue weighted by Crippen LogP contribution is 2.37. The van der Waals surface area contributed by atoms with Gasteiger partial charge in [-0.1, -0.05) is 6.92 Å². The quantitative estimate of drug-likeness (QED) is 0.804. The van der Waals surface area contributed by atoms with Crippen LogP contribution in [0.5, 0.6) is 0 Å². The molecule has 2 rings (SSSR count). The smallest absolute Gasteiger partial charge is 0.307 e. The minimum atomic E-state index is -0.921. The predicted molar refractivity (Wildman–Crippen MR) is 79.1 cm³/mol. The fourth-order valence-electron chi connectivity index (χ4n) is 2.49. The van der Waals surface area contributed by atoms with Crippen LogP contribution in [0, 0.1) is 17.8 Å². The van der Waals surface area contributed by atoms with Gasteiger partial charge in [0, 0.05) is 0 Å². The van der Waals surface area contributed by atoms with Crippen molar-refractivity contribution >= 4 is 49.6 Å². The molecule has 8 heteroatoms. The SMILES string of the molecule is CC1C[C@H](C(=O)Nc2ncc(Br)nc2Br)[C@H](C(=O)O)C1. The van der Waals surface area contributed by atoms with Crippen LogP contribution in [0.15, 0.2) is 15.4 Å². The fourth-order valence-corrected chi connectivity index (χ4v) is 3.40. The van der Waals surface area contributed by atoms with Gasteiger partial charge in [0.05, 0.1) is 18.0 Å². The highest BCUT2D eigenvalue weighted by Gasteiger charge is 2.41. The second-order valence-corrected chi connectivity index (χ2v) is 6.51. The van der Waals surface area contributed by atoms with E-state index in [1.807, 2.05) is 6.92 Å². The van der Waals surface area contributed by atoms with Crippen LogP contribution in [-0.2, 0) is 9.59 Å². The van der Waals surface area contributed by atoms with Crippen LogP contribution in [0.3, 0.4) is 0 Å². The monoisotopic (exact) mass is 405 g/mol. The van der Waals surface area contributed by atoms with E-state index in [4.69, 9.17) is 0 Å². The van der Waals surface area contributed by atoms with Crippen molar-refractivity contribution in [2.45, 2.75) is 19.8 Å². The van der Waals surface area contributed by atoms with Crippen LogP contribution in [0.1, 0.15) is 19.8 Å². The topological polar surface area (TPSA) is 92.2 Å². The maximum absolute atomic E-state index is 12.2. The zero-order valence-electron chi connectivity index (χ0n) is 10.6. The number of carbonyl (C=O) groups excluding carboxylic acids is 1. The van der Waals surface area contributed by atoms with Gasteiger partial charge in [-0.25, -0.2) is 9.97 Å². The van der Waals surface area contributed by atoms with Crippen molar-refractivity contribution in [3.8, 4) is 0 Å². The third-order valence-electron chi connectivity index (χ3n) is 3.39. The summed E-state index contributed by atoms with van der Waals surface area (Å²) >= 11 is 6.38. The van der Waals surface area contributed by atoms with Crippen molar-refractivity contribution < 1.29 is 14.7 Å². The summed E-state index contributed by atoms with van der Waals surface area (Å²) in [6, 6.07) is 0. The number of carboxylic acids is 1. The molecular formula is C12H13Br2N3O3. The second-order valence-electron chi connectivity index (χ2n) is 4.95. The van der Waals surface area contributed by atoms with Gasteiger partial charge >= 0.3 is 5.97 Å². The molecule has 0 saturated heterocycles. The Kier molecular flexibility index (Phi) is 4.74. The summed E-state index contributed by atoms with van der Waals surface area (Å²) in [5.41, 5.74) is 0. The van der Waals surface area contributed by atoms with Gasteiger partial charge in [0.15, 0.2) is 5.82 Å². The molecule has 0 bridgehead atoms. The average molecular weight is 407 g/mol. The van der Waals surface area contributed by atoms with Crippen molar-refractivity contribution in [1.82, 2.24) is 9.97 Å². The minimum absolute atomic E-state index is 0.228. The van der Waals surface area contributed by atoms with Gasteiger partial charge in [0.25, 0.3) is 0 Å². The van der Waals surface area contributed by atoms with Crippen LogP contribution in [0.25, 0.3) is 0 Å². The number of rotatable bonds is 3. The predicted octanol–water partition coefficient (Wildman–Crippen LogP) is 2.69. The maximum Gasteiger partial charge on any atom is 0.307 e. The van der Waals surface area contributed by atoms with Gasteiger partial charge in [-0.15, -0.1) is 0 Å². The third kappa shape index (κ3) is 3.35. The molecule has 0 aliphatic heterocycles. The van der Waals surface area contributed by atoms with Crippen molar-refractivity contribution in [1.29, 1.82) is 0 Å². The lowest BCUT2D eigenvalue weighted by Crippen LogP contribution is -2.30. The van der Waals surface area contributed by atoms with Crippen molar-refractivity contribution in [2.24, 2.45) is 17.8 Å². The molecule has 0 radical (unpaired) electrons. The van der Waals surface area contributed by atoms with Crippen LogP contribution in [0.2, 0.25) is 0 Å². The first-order valence-electron chi connectivity index (χ1n) is 6.10. The van der Waals surface area contributed by atoms with Crippen LogP contribution < -0.4 is 5.32 Å². The number of amides is 1. The largest absolute Gasteiger partial charge is 0.481 e. The summed E-state index contributed by atoms with van der Waals surface area (Å²) in [5.74, 6) is -1.88. The molecule has 3 atom stereocenters. The summed E-state index contributed by atoms with van der Waals surface area (Å²) in [5, 5.41) is 11.8. The number of carbonyl (C=O) groups is 2. The lowest BCUT2D eigenvalue weighted by Gasteiger charge is -2.15. The molecule has 2 N–H and O–H groups in total. The first kappa shape index (κ1) is 15.4. The Labute approximate surface area is 132 Å². The van der Waals surface area contributed by atoms with E-state index >= 15 is 0 Å². The molecule has 1 aliphatic rings. The molecule has 0 aromatic carbocycles. The Hall–Kier alpha value is -1.02. The van der Waals surface area contributed by atoms with Crippen LogP contribution in [0.4, 0.5) is 5.82 Å². The molecule has 1 aliphatic carbocycles. The first-order valence-corrected chi connectivity index (χ1v) is 7.68. The Morgan fingerprint density at radius 3 is 2.60 bits per heavy atom. The molecule has 1 fully saturated rings. The zero-order valence-corrected chi connectivity index (χ0v) is 13.8. The number of aromatic nitrogens is 2. The van der Waals surface area contributed by atoms with Gasteiger partial charge < -0.3 is 10.4 Å². The minimum Gasteiger partial charge on any atom is -0.481 e.